The van der Waals surface area contributed by atoms with Gasteiger partial charge >= 0.3 is 6.09 Å². The summed E-state index contributed by atoms with van der Waals surface area (Å²) >= 11 is 0. The first-order valence-corrected chi connectivity index (χ1v) is 8.84. The summed E-state index contributed by atoms with van der Waals surface area (Å²) in [5.74, 6) is -0.202. The van der Waals surface area contributed by atoms with Gasteiger partial charge in [-0.05, 0) is 69.2 Å². The number of aromatic amines is 1. The number of hydrogen-bond donors (Lipinski definition) is 3. The Morgan fingerprint density at radius 2 is 1.70 bits per heavy atom. The minimum atomic E-state index is -0.521. The van der Waals surface area contributed by atoms with Crippen molar-refractivity contribution in [3.05, 3.63) is 58.8 Å². The van der Waals surface area contributed by atoms with E-state index in [0.29, 0.717) is 23.5 Å². The first kappa shape index (κ1) is 18.5. The van der Waals surface area contributed by atoms with Crippen LogP contribution < -0.4 is 10.6 Å². The Hall–Kier alpha value is -3.28. The Morgan fingerprint density at radius 3 is 2.41 bits per heavy atom. The second-order valence-corrected chi connectivity index (χ2v) is 6.41. The van der Waals surface area contributed by atoms with Crippen molar-refractivity contribution >= 4 is 34.3 Å². The largest absolute Gasteiger partial charge is 0.450 e. The first-order valence-electron chi connectivity index (χ1n) is 8.84. The fourth-order valence-electron chi connectivity index (χ4n) is 2.98. The number of fused-ring (bicyclic) bond motifs is 1. The number of H-pyrrole nitrogens is 1. The number of rotatable bonds is 4. The Labute approximate surface area is 157 Å². The highest BCUT2D eigenvalue weighted by atomic mass is 16.5. The van der Waals surface area contributed by atoms with E-state index in [1.54, 1.807) is 31.2 Å². The standard InChI is InChI=1S/C21H23N3O3/c1-5-27-21(26)24-18-8-6-7-17(13(18)3)23-20(25)15-9-10-19-16(11-15)12(2)14(4)22-19/h6-11,22H,5H2,1-4H3,(H,23,25)(H,24,26). The normalized spacial score (nSPS) is 10.7. The van der Waals surface area contributed by atoms with Gasteiger partial charge in [0, 0.05) is 33.5 Å². The lowest BCUT2D eigenvalue weighted by Gasteiger charge is -2.13. The molecule has 0 radical (unpaired) electrons. The van der Waals surface area contributed by atoms with E-state index < -0.39 is 6.09 Å². The molecule has 0 atom stereocenters. The Morgan fingerprint density at radius 1 is 1.00 bits per heavy atom. The number of hydrogen-bond acceptors (Lipinski definition) is 3. The van der Waals surface area contributed by atoms with Crippen molar-refractivity contribution in [3.63, 3.8) is 0 Å². The van der Waals surface area contributed by atoms with E-state index in [9.17, 15) is 9.59 Å². The van der Waals surface area contributed by atoms with Crippen molar-refractivity contribution in [3.8, 4) is 0 Å². The number of carbonyl (C=O) groups is 2. The van der Waals surface area contributed by atoms with Crippen molar-refractivity contribution < 1.29 is 14.3 Å². The van der Waals surface area contributed by atoms with Gasteiger partial charge in [-0.15, -0.1) is 0 Å². The van der Waals surface area contributed by atoms with Crippen LogP contribution in [0.3, 0.4) is 0 Å². The van der Waals surface area contributed by atoms with Crippen LogP contribution in [-0.2, 0) is 4.74 Å². The molecule has 0 aliphatic carbocycles. The van der Waals surface area contributed by atoms with Crippen LogP contribution in [0.2, 0.25) is 0 Å². The van der Waals surface area contributed by atoms with E-state index in [2.05, 4.69) is 15.6 Å². The average Bonchev–Trinajstić information content (AvgIpc) is 2.92. The van der Waals surface area contributed by atoms with E-state index in [4.69, 9.17) is 4.74 Å². The minimum Gasteiger partial charge on any atom is -0.450 e. The van der Waals surface area contributed by atoms with Crippen molar-refractivity contribution in [1.29, 1.82) is 0 Å². The number of anilines is 2. The molecule has 2 aromatic carbocycles. The number of aryl methyl sites for hydroxylation is 2. The van der Waals surface area contributed by atoms with Crippen LogP contribution >= 0.6 is 0 Å². The van der Waals surface area contributed by atoms with Gasteiger partial charge < -0.3 is 15.0 Å². The Balaban J connectivity index is 1.83. The molecule has 0 bridgehead atoms. The molecule has 0 spiro atoms. The number of ether oxygens (including phenoxy) is 1. The van der Waals surface area contributed by atoms with Crippen LogP contribution in [0.25, 0.3) is 10.9 Å². The third-order valence-electron chi connectivity index (χ3n) is 4.66. The van der Waals surface area contributed by atoms with E-state index >= 15 is 0 Å². The molecule has 0 aliphatic heterocycles. The van der Waals surface area contributed by atoms with Gasteiger partial charge in [0.2, 0.25) is 0 Å². The van der Waals surface area contributed by atoms with Gasteiger partial charge in [-0.3, -0.25) is 10.1 Å². The highest BCUT2D eigenvalue weighted by Gasteiger charge is 2.13. The molecular formula is C21H23N3O3. The molecule has 0 fully saturated rings. The number of amides is 2. The minimum absolute atomic E-state index is 0.202. The quantitative estimate of drug-likeness (QED) is 0.614. The highest BCUT2D eigenvalue weighted by Crippen LogP contribution is 2.26. The second kappa shape index (κ2) is 7.53. The SMILES string of the molecule is CCOC(=O)Nc1cccc(NC(=O)c2ccc3[nH]c(C)c(C)c3c2)c1C. The fourth-order valence-corrected chi connectivity index (χ4v) is 2.98. The van der Waals surface area contributed by atoms with E-state index in [-0.39, 0.29) is 5.91 Å². The molecule has 2 amide bonds. The van der Waals surface area contributed by atoms with Crippen LogP contribution in [0.1, 0.15) is 34.1 Å². The summed E-state index contributed by atoms with van der Waals surface area (Å²) < 4.78 is 4.90. The van der Waals surface area contributed by atoms with Crippen LogP contribution in [-0.4, -0.2) is 23.6 Å². The zero-order chi connectivity index (χ0) is 19.6. The summed E-state index contributed by atoms with van der Waals surface area (Å²) in [4.78, 5) is 27.7. The fraction of sp³-hybridized carbons (Fsp3) is 0.238. The predicted octanol–water partition coefficient (Wildman–Crippen LogP) is 4.91. The smallest absolute Gasteiger partial charge is 0.411 e. The maximum Gasteiger partial charge on any atom is 0.411 e. The number of aromatic nitrogens is 1. The molecule has 0 saturated heterocycles. The molecule has 0 unspecified atom stereocenters. The molecule has 1 aromatic heterocycles. The van der Waals surface area contributed by atoms with Gasteiger partial charge in [-0.25, -0.2) is 4.79 Å². The van der Waals surface area contributed by atoms with Crippen molar-refractivity contribution in [2.75, 3.05) is 17.2 Å². The van der Waals surface area contributed by atoms with Crippen LogP contribution in [0.5, 0.6) is 0 Å². The van der Waals surface area contributed by atoms with E-state index in [1.165, 1.54) is 0 Å². The third-order valence-corrected chi connectivity index (χ3v) is 4.66. The molecule has 3 rings (SSSR count). The van der Waals surface area contributed by atoms with Crippen molar-refractivity contribution in [1.82, 2.24) is 4.98 Å². The molecule has 6 nitrogen and oxygen atoms in total. The van der Waals surface area contributed by atoms with Gasteiger partial charge in [-0.1, -0.05) is 6.07 Å². The van der Waals surface area contributed by atoms with Gasteiger partial charge in [0.15, 0.2) is 0 Å². The molecule has 0 saturated carbocycles. The van der Waals surface area contributed by atoms with Gasteiger partial charge in [0.05, 0.1) is 6.61 Å². The molecule has 3 N–H and O–H groups in total. The van der Waals surface area contributed by atoms with Gasteiger partial charge in [-0.2, -0.15) is 0 Å². The number of nitrogens with one attached hydrogen (secondary N) is 3. The zero-order valence-corrected chi connectivity index (χ0v) is 15.9. The maximum atomic E-state index is 12.7. The summed E-state index contributed by atoms with van der Waals surface area (Å²) in [5, 5.41) is 6.64. The van der Waals surface area contributed by atoms with Crippen molar-refractivity contribution in [2.45, 2.75) is 27.7 Å². The molecule has 3 aromatic rings. The molecule has 0 aliphatic rings. The molecule has 1 heterocycles. The number of benzene rings is 2. The lowest BCUT2D eigenvalue weighted by Crippen LogP contribution is -2.16. The predicted molar refractivity (Wildman–Crippen MR) is 108 cm³/mol. The summed E-state index contributed by atoms with van der Waals surface area (Å²) in [5.41, 5.74) is 5.81. The summed E-state index contributed by atoms with van der Waals surface area (Å²) in [6.45, 7) is 7.92. The van der Waals surface area contributed by atoms with Crippen LogP contribution in [0.4, 0.5) is 16.2 Å². The lowest BCUT2D eigenvalue weighted by atomic mass is 10.1. The highest BCUT2D eigenvalue weighted by molar-refractivity contribution is 6.07. The molecule has 6 heteroatoms. The summed E-state index contributed by atoms with van der Waals surface area (Å²) in [7, 11) is 0. The third kappa shape index (κ3) is 3.79. The average molecular weight is 365 g/mol. The van der Waals surface area contributed by atoms with Crippen molar-refractivity contribution in [2.24, 2.45) is 0 Å². The van der Waals surface area contributed by atoms with Crippen LogP contribution in [0, 0.1) is 20.8 Å². The monoisotopic (exact) mass is 365 g/mol. The maximum absolute atomic E-state index is 12.7. The van der Waals surface area contributed by atoms with E-state index in [1.807, 2.05) is 32.9 Å². The molecule has 27 heavy (non-hydrogen) atoms. The van der Waals surface area contributed by atoms with Gasteiger partial charge in [0.25, 0.3) is 5.91 Å². The van der Waals surface area contributed by atoms with Crippen LogP contribution in [0.15, 0.2) is 36.4 Å². The lowest BCUT2D eigenvalue weighted by molar-refractivity contribution is 0.102. The molecule has 140 valence electrons. The van der Waals surface area contributed by atoms with Gasteiger partial charge in [0.1, 0.15) is 0 Å². The van der Waals surface area contributed by atoms with E-state index in [0.717, 1.165) is 27.7 Å². The topological polar surface area (TPSA) is 83.2 Å². The second-order valence-electron chi connectivity index (χ2n) is 6.41. The Bertz CT molecular complexity index is 1020. The Kier molecular flexibility index (Phi) is 5.16. The summed E-state index contributed by atoms with van der Waals surface area (Å²) in [6, 6.07) is 10.9. The first-order chi connectivity index (χ1) is 12.9. The summed E-state index contributed by atoms with van der Waals surface area (Å²) in [6.07, 6.45) is -0.521. The zero-order valence-electron chi connectivity index (χ0n) is 15.9. The molecular weight excluding hydrogens is 342 g/mol. The number of carbonyl (C=O) groups excluding carboxylic acids is 2.